The Morgan fingerprint density at radius 1 is 1.04 bits per heavy atom. The van der Waals surface area contributed by atoms with Gasteiger partial charge in [-0.15, -0.1) is 0 Å². The van der Waals surface area contributed by atoms with Crippen molar-refractivity contribution in [2.24, 2.45) is 0 Å². The number of ether oxygens (including phenoxy) is 1. The quantitative estimate of drug-likeness (QED) is 0.785. The van der Waals surface area contributed by atoms with Gasteiger partial charge in [0.25, 0.3) is 5.91 Å². The monoisotopic (exact) mass is 398 g/mol. The summed E-state index contributed by atoms with van der Waals surface area (Å²) < 4.78 is 31.5. The third kappa shape index (κ3) is 5.31. The summed E-state index contributed by atoms with van der Waals surface area (Å²) in [6, 6.07) is 9.97. The Balaban J connectivity index is 1.75. The van der Waals surface area contributed by atoms with Gasteiger partial charge in [0.05, 0.1) is 12.2 Å². The number of rotatable bonds is 6. The minimum Gasteiger partial charge on any atom is -0.484 e. The van der Waals surface area contributed by atoms with Gasteiger partial charge in [-0.1, -0.05) is 12.1 Å². The zero-order valence-electron chi connectivity index (χ0n) is 12.3. The van der Waals surface area contributed by atoms with Crippen LogP contribution in [0.5, 0.6) is 5.75 Å². The Bertz CT molecular complexity index is 756. The van der Waals surface area contributed by atoms with E-state index in [-0.39, 0.29) is 12.3 Å². The number of amides is 2. The van der Waals surface area contributed by atoms with Crippen LogP contribution in [0.25, 0.3) is 0 Å². The third-order valence-electron chi connectivity index (χ3n) is 2.86. The van der Waals surface area contributed by atoms with Gasteiger partial charge in [0.1, 0.15) is 5.75 Å². The molecule has 0 spiro atoms. The average Bonchev–Trinajstić information content (AvgIpc) is 2.56. The lowest BCUT2D eigenvalue weighted by Gasteiger charge is -2.09. The van der Waals surface area contributed by atoms with Gasteiger partial charge >= 0.3 is 0 Å². The molecule has 2 N–H and O–H groups in total. The van der Waals surface area contributed by atoms with Crippen molar-refractivity contribution >= 4 is 33.4 Å². The molecule has 0 heterocycles. The highest BCUT2D eigenvalue weighted by atomic mass is 79.9. The summed E-state index contributed by atoms with van der Waals surface area (Å²) in [5.41, 5.74) is 0.579. The molecule has 8 heteroatoms. The topological polar surface area (TPSA) is 67.4 Å². The van der Waals surface area contributed by atoms with E-state index in [1.54, 1.807) is 24.3 Å². The molecule has 2 aromatic rings. The van der Waals surface area contributed by atoms with Gasteiger partial charge in [-0.25, -0.2) is 8.78 Å². The first-order valence-electron chi connectivity index (χ1n) is 6.84. The Labute approximate surface area is 145 Å². The van der Waals surface area contributed by atoms with Crippen molar-refractivity contribution in [1.82, 2.24) is 5.32 Å². The van der Waals surface area contributed by atoms with Gasteiger partial charge in [0.15, 0.2) is 18.2 Å². The second kappa shape index (κ2) is 8.39. The largest absolute Gasteiger partial charge is 0.484 e. The molecule has 0 unspecified atom stereocenters. The maximum Gasteiger partial charge on any atom is 0.258 e. The highest BCUT2D eigenvalue weighted by Crippen LogP contribution is 2.20. The maximum atomic E-state index is 13.0. The van der Waals surface area contributed by atoms with Crippen LogP contribution in [0.2, 0.25) is 0 Å². The van der Waals surface area contributed by atoms with E-state index in [1.807, 2.05) is 0 Å². The fraction of sp³-hybridized carbons (Fsp3) is 0.125. The molecule has 0 aromatic heterocycles. The van der Waals surface area contributed by atoms with Crippen LogP contribution in [0, 0.1) is 11.6 Å². The predicted octanol–water partition coefficient (Wildman–Crippen LogP) is 2.86. The third-order valence-corrected chi connectivity index (χ3v) is 3.55. The number of hydrogen-bond donors (Lipinski definition) is 2. The molecular weight excluding hydrogens is 386 g/mol. The standard InChI is InChI=1S/C16H13BrF2N2O3/c17-11-3-1-2-4-14(11)21-15(22)8-20-16(23)9-24-10-5-6-12(18)13(19)7-10/h1-7H,8-9H2,(H,20,23)(H,21,22). The Morgan fingerprint density at radius 3 is 2.50 bits per heavy atom. The molecule has 0 aliphatic rings. The van der Waals surface area contributed by atoms with Crippen molar-refractivity contribution in [3.05, 3.63) is 58.6 Å². The second-order valence-electron chi connectivity index (χ2n) is 4.67. The number of anilines is 1. The Morgan fingerprint density at radius 2 is 1.79 bits per heavy atom. The number of carbonyl (C=O) groups is 2. The molecule has 24 heavy (non-hydrogen) atoms. The molecule has 2 rings (SSSR count). The first-order valence-corrected chi connectivity index (χ1v) is 7.64. The molecule has 2 aromatic carbocycles. The van der Waals surface area contributed by atoms with Crippen LogP contribution in [-0.2, 0) is 9.59 Å². The molecule has 0 fully saturated rings. The van der Waals surface area contributed by atoms with Crippen LogP contribution in [0.1, 0.15) is 0 Å². The summed E-state index contributed by atoms with van der Waals surface area (Å²) in [4.78, 5) is 23.3. The summed E-state index contributed by atoms with van der Waals surface area (Å²) in [5.74, 6) is -3.04. The van der Waals surface area contributed by atoms with E-state index in [1.165, 1.54) is 6.07 Å². The van der Waals surface area contributed by atoms with E-state index in [0.29, 0.717) is 10.2 Å². The number of hydrogen-bond acceptors (Lipinski definition) is 3. The molecule has 5 nitrogen and oxygen atoms in total. The Hall–Kier alpha value is -2.48. The number of halogens is 3. The van der Waals surface area contributed by atoms with Gasteiger partial charge in [-0.3, -0.25) is 9.59 Å². The van der Waals surface area contributed by atoms with E-state index >= 15 is 0 Å². The van der Waals surface area contributed by atoms with E-state index in [9.17, 15) is 18.4 Å². The molecule has 0 saturated carbocycles. The average molecular weight is 399 g/mol. The lowest BCUT2D eigenvalue weighted by molar-refractivity contribution is -0.125. The molecule has 0 radical (unpaired) electrons. The second-order valence-corrected chi connectivity index (χ2v) is 5.52. The maximum absolute atomic E-state index is 13.0. The fourth-order valence-electron chi connectivity index (χ4n) is 1.70. The molecule has 0 bridgehead atoms. The van der Waals surface area contributed by atoms with Crippen LogP contribution in [0.3, 0.4) is 0 Å². The van der Waals surface area contributed by atoms with Crippen molar-refractivity contribution in [2.75, 3.05) is 18.5 Å². The van der Waals surface area contributed by atoms with Crippen LogP contribution in [0.15, 0.2) is 46.9 Å². The summed E-state index contributed by atoms with van der Waals surface area (Å²) >= 11 is 3.29. The van der Waals surface area contributed by atoms with Crippen molar-refractivity contribution in [2.45, 2.75) is 0 Å². The van der Waals surface area contributed by atoms with E-state index in [4.69, 9.17) is 4.74 Å². The normalized spacial score (nSPS) is 10.1. The zero-order chi connectivity index (χ0) is 17.5. The van der Waals surface area contributed by atoms with Crippen molar-refractivity contribution in [1.29, 1.82) is 0 Å². The molecule has 0 atom stereocenters. The van der Waals surface area contributed by atoms with E-state index in [0.717, 1.165) is 12.1 Å². The van der Waals surface area contributed by atoms with Crippen LogP contribution < -0.4 is 15.4 Å². The van der Waals surface area contributed by atoms with Crippen molar-refractivity contribution < 1.29 is 23.1 Å². The summed E-state index contributed by atoms with van der Waals surface area (Å²) in [7, 11) is 0. The molecule has 0 aliphatic carbocycles. The number of benzene rings is 2. The number of nitrogens with one attached hydrogen (secondary N) is 2. The van der Waals surface area contributed by atoms with E-state index < -0.39 is 30.1 Å². The zero-order valence-corrected chi connectivity index (χ0v) is 13.9. The molecule has 126 valence electrons. The number of carbonyl (C=O) groups excluding carboxylic acids is 2. The van der Waals surface area contributed by atoms with E-state index in [2.05, 4.69) is 26.6 Å². The SMILES string of the molecule is O=C(COc1ccc(F)c(F)c1)NCC(=O)Nc1ccccc1Br. The van der Waals surface area contributed by atoms with Crippen LogP contribution in [-0.4, -0.2) is 25.0 Å². The molecule has 2 amide bonds. The number of para-hydroxylation sites is 1. The van der Waals surface area contributed by atoms with Gasteiger partial charge in [-0.2, -0.15) is 0 Å². The summed E-state index contributed by atoms with van der Waals surface area (Å²) in [5, 5.41) is 4.98. The highest BCUT2D eigenvalue weighted by molar-refractivity contribution is 9.10. The van der Waals surface area contributed by atoms with Crippen LogP contribution >= 0.6 is 15.9 Å². The van der Waals surface area contributed by atoms with Crippen LogP contribution in [0.4, 0.5) is 14.5 Å². The fourth-order valence-corrected chi connectivity index (χ4v) is 2.09. The Kier molecular flexibility index (Phi) is 6.25. The van der Waals surface area contributed by atoms with Gasteiger partial charge in [-0.05, 0) is 40.2 Å². The summed E-state index contributed by atoms with van der Waals surface area (Å²) in [6.07, 6.45) is 0. The van der Waals surface area contributed by atoms with Crippen molar-refractivity contribution in [3.8, 4) is 5.75 Å². The van der Waals surface area contributed by atoms with Crippen molar-refractivity contribution in [3.63, 3.8) is 0 Å². The first kappa shape index (κ1) is 17.9. The molecule has 0 aliphatic heterocycles. The lowest BCUT2D eigenvalue weighted by atomic mass is 10.3. The minimum absolute atomic E-state index is 0.0155. The highest BCUT2D eigenvalue weighted by Gasteiger charge is 2.09. The van der Waals surface area contributed by atoms with Gasteiger partial charge in [0.2, 0.25) is 5.91 Å². The summed E-state index contributed by atoms with van der Waals surface area (Å²) in [6.45, 7) is -0.672. The molecule has 0 saturated heterocycles. The lowest BCUT2D eigenvalue weighted by Crippen LogP contribution is -2.35. The minimum atomic E-state index is -1.07. The van der Waals surface area contributed by atoms with Gasteiger partial charge in [0, 0.05) is 10.5 Å². The first-order chi connectivity index (χ1) is 11.5. The van der Waals surface area contributed by atoms with Gasteiger partial charge < -0.3 is 15.4 Å². The molecular formula is C16H13BrF2N2O3. The smallest absolute Gasteiger partial charge is 0.258 e. The predicted molar refractivity (Wildman–Crippen MR) is 87.6 cm³/mol.